The van der Waals surface area contributed by atoms with E-state index in [-0.39, 0.29) is 5.69 Å². The number of nitrogens with zero attached hydrogens (tertiary/aromatic N) is 2. The van der Waals surface area contributed by atoms with Gasteiger partial charge in [-0.1, -0.05) is 11.8 Å². The number of aryl methyl sites for hydroxylation is 1. The van der Waals surface area contributed by atoms with E-state index in [0.29, 0.717) is 16.7 Å². The van der Waals surface area contributed by atoms with E-state index in [4.69, 9.17) is 11.6 Å². The number of thioether (sulfide) groups is 1. The molecule has 1 aromatic rings. The highest BCUT2D eigenvalue weighted by molar-refractivity contribution is 7.99. The van der Waals surface area contributed by atoms with E-state index in [1.165, 1.54) is 17.8 Å². The van der Waals surface area contributed by atoms with E-state index in [1.807, 2.05) is 0 Å². The van der Waals surface area contributed by atoms with E-state index in [1.54, 1.807) is 13.1 Å². The SMILES string of the molecule is Cc1cnc(SCCCl)c([N+](=O)[O-])c1. The van der Waals surface area contributed by atoms with Gasteiger partial charge in [0.25, 0.3) is 0 Å². The highest BCUT2D eigenvalue weighted by atomic mass is 35.5. The van der Waals surface area contributed by atoms with Gasteiger partial charge in [0.2, 0.25) is 0 Å². The molecule has 1 heterocycles. The van der Waals surface area contributed by atoms with Crippen LogP contribution in [0.4, 0.5) is 5.69 Å². The lowest BCUT2D eigenvalue weighted by molar-refractivity contribution is -0.388. The molecule has 0 fully saturated rings. The van der Waals surface area contributed by atoms with Gasteiger partial charge in [0.1, 0.15) is 0 Å². The van der Waals surface area contributed by atoms with E-state index >= 15 is 0 Å². The molecule has 0 aliphatic rings. The maximum Gasteiger partial charge on any atom is 0.301 e. The van der Waals surface area contributed by atoms with Crippen molar-refractivity contribution in [2.45, 2.75) is 11.9 Å². The number of halogens is 1. The minimum absolute atomic E-state index is 0.0557. The number of hydrogen-bond acceptors (Lipinski definition) is 4. The zero-order valence-electron chi connectivity index (χ0n) is 7.57. The van der Waals surface area contributed by atoms with Crippen molar-refractivity contribution in [2.24, 2.45) is 0 Å². The Hall–Kier alpha value is -0.810. The molecule has 0 unspecified atom stereocenters. The van der Waals surface area contributed by atoms with Gasteiger partial charge in [0, 0.05) is 23.9 Å². The predicted molar refractivity (Wildman–Crippen MR) is 57.1 cm³/mol. The fourth-order valence-electron chi connectivity index (χ4n) is 0.918. The number of hydrogen-bond donors (Lipinski definition) is 0. The number of pyridine rings is 1. The lowest BCUT2D eigenvalue weighted by Crippen LogP contribution is -1.95. The van der Waals surface area contributed by atoms with Crippen LogP contribution in [0.1, 0.15) is 5.56 Å². The molecule has 0 aliphatic carbocycles. The van der Waals surface area contributed by atoms with Crippen molar-refractivity contribution in [1.82, 2.24) is 4.98 Å². The standard InChI is InChI=1S/C8H9ClN2O2S/c1-6-4-7(11(12)13)8(10-5-6)14-3-2-9/h4-5H,2-3H2,1H3. The van der Waals surface area contributed by atoms with Crippen LogP contribution in [0.2, 0.25) is 0 Å². The van der Waals surface area contributed by atoms with Crippen LogP contribution >= 0.6 is 23.4 Å². The van der Waals surface area contributed by atoms with E-state index in [0.717, 1.165) is 5.56 Å². The summed E-state index contributed by atoms with van der Waals surface area (Å²) in [6.07, 6.45) is 1.61. The molecule has 0 amide bonds. The van der Waals surface area contributed by atoms with Crippen LogP contribution in [-0.4, -0.2) is 21.5 Å². The van der Waals surface area contributed by atoms with Crippen molar-refractivity contribution in [1.29, 1.82) is 0 Å². The molecular formula is C8H9ClN2O2S. The highest BCUT2D eigenvalue weighted by Gasteiger charge is 2.15. The largest absolute Gasteiger partial charge is 0.301 e. The molecular weight excluding hydrogens is 224 g/mol. The van der Waals surface area contributed by atoms with Gasteiger partial charge in [-0.25, -0.2) is 4.98 Å². The third kappa shape index (κ3) is 2.85. The first-order valence-corrected chi connectivity index (χ1v) is 5.47. The Kier molecular flexibility index (Phi) is 4.16. The summed E-state index contributed by atoms with van der Waals surface area (Å²) in [6.45, 7) is 1.77. The average molecular weight is 233 g/mol. The summed E-state index contributed by atoms with van der Waals surface area (Å²) in [5.74, 6) is 1.08. The summed E-state index contributed by atoms with van der Waals surface area (Å²) >= 11 is 6.80. The summed E-state index contributed by atoms with van der Waals surface area (Å²) in [6, 6.07) is 1.52. The summed E-state index contributed by atoms with van der Waals surface area (Å²) < 4.78 is 0. The zero-order valence-corrected chi connectivity index (χ0v) is 9.14. The lowest BCUT2D eigenvalue weighted by atomic mass is 10.3. The summed E-state index contributed by atoms with van der Waals surface area (Å²) in [5, 5.41) is 11.1. The third-order valence-electron chi connectivity index (χ3n) is 1.48. The Morgan fingerprint density at radius 2 is 2.43 bits per heavy atom. The zero-order chi connectivity index (χ0) is 10.6. The maximum atomic E-state index is 10.7. The molecule has 0 saturated heterocycles. The molecule has 1 rings (SSSR count). The van der Waals surface area contributed by atoms with Gasteiger partial charge in [0.15, 0.2) is 5.03 Å². The minimum Gasteiger partial charge on any atom is -0.258 e. The van der Waals surface area contributed by atoms with Crippen molar-refractivity contribution in [3.8, 4) is 0 Å². The van der Waals surface area contributed by atoms with Gasteiger partial charge in [-0.3, -0.25) is 10.1 Å². The van der Waals surface area contributed by atoms with Crippen LogP contribution in [0.5, 0.6) is 0 Å². The van der Waals surface area contributed by atoms with E-state index in [9.17, 15) is 10.1 Å². The van der Waals surface area contributed by atoms with Gasteiger partial charge in [-0.2, -0.15) is 0 Å². The Bertz CT molecular complexity index is 346. The normalized spacial score (nSPS) is 10.1. The molecule has 0 aromatic carbocycles. The fraction of sp³-hybridized carbons (Fsp3) is 0.375. The third-order valence-corrected chi connectivity index (χ3v) is 2.89. The highest BCUT2D eigenvalue weighted by Crippen LogP contribution is 2.27. The molecule has 76 valence electrons. The van der Waals surface area contributed by atoms with Crippen LogP contribution < -0.4 is 0 Å². The predicted octanol–water partition coefficient (Wildman–Crippen LogP) is 2.63. The van der Waals surface area contributed by atoms with Crippen LogP contribution in [0, 0.1) is 17.0 Å². The van der Waals surface area contributed by atoms with Gasteiger partial charge in [-0.15, -0.1) is 11.6 Å². The molecule has 4 nitrogen and oxygen atoms in total. The number of rotatable bonds is 4. The molecule has 0 N–H and O–H groups in total. The van der Waals surface area contributed by atoms with Gasteiger partial charge in [0.05, 0.1) is 4.92 Å². The van der Waals surface area contributed by atoms with Crippen molar-refractivity contribution in [3.05, 3.63) is 27.9 Å². The maximum absolute atomic E-state index is 10.7. The van der Waals surface area contributed by atoms with Crippen LogP contribution in [0.15, 0.2) is 17.3 Å². The topological polar surface area (TPSA) is 56.0 Å². The molecule has 0 aliphatic heterocycles. The van der Waals surface area contributed by atoms with Gasteiger partial charge < -0.3 is 0 Å². The lowest BCUT2D eigenvalue weighted by Gasteiger charge is -2.00. The monoisotopic (exact) mass is 232 g/mol. The van der Waals surface area contributed by atoms with Crippen molar-refractivity contribution in [3.63, 3.8) is 0 Å². The molecule has 14 heavy (non-hydrogen) atoms. The molecule has 1 aromatic heterocycles. The van der Waals surface area contributed by atoms with Gasteiger partial charge in [-0.05, 0) is 12.5 Å². The first kappa shape index (κ1) is 11.3. The molecule has 0 radical (unpaired) electrons. The van der Waals surface area contributed by atoms with Crippen molar-refractivity contribution < 1.29 is 4.92 Å². The van der Waals surface area contributed by atoms with Crippen LogP contribution in [-0.2, 0) is 0 Å². The van der Waals surface area contributed by atoms with Crippen molar-refractivity contribution in [2.75, 3.05) is 11.6 Å². The summed E-state index contributed by atoms with van der Waals surface area (Å²) in [7, 11) is 0. The van der Waals surface area contributed by atoms with Crippen LogP contribution in [0.25, 0.3) is 0 Å². The van der Waals surface area contributed by atoms with Crippen molar-refractivity contribution >= 4 is 29.1 Å². The Morgan fingerprint density at radius 3 is 3.00 bits per heavy atom. The van der Waals surface area contributed by atoms with E-state index in [2.05, 4.69) is 4.98 Å². The summed E-state index contributed by atoms with van der Waals surface area (Å²) in [4.78, 5) is 14.2. The summed E-state index contributed by atoms with van der Waals surface area (Å²) in [5.41, 5.74) is 0.840. The number of aromatic nitrogens is 1. The van der Waals surface area contributed by atoms with E-state index < -0.39 is 4.92 Å². The first-order valence-electron chi connectivity index (χ1n) is 3.95. The molecule has 0 bridgehead atoms. The molecule has 0 spiro atoms. The quantitative estimate of drug-likeness (QED) is 0.347. The minimum atomic E-state index is -0.420. The Labute approximate surface area is 90.8 Å². The first-order chi connectivity index (χ1) is 6.65. The Morgan fingerprint density at radius 1 is 1.71 bits per heavy atom. The van der Waals surface area contributed by atoms with Crippen LogP contribution in [0.3, 0.4) is 0 Å². The fourth-order valence-corrected chi connectivity index (χ4v) is 1.83. The second kappa shape index (κ2) is 5.17. The molecule has 6 heteroatoms. The molecule has 0 saturated carbocycles. The smallest absolute Gasteiger partial charge is 0.258 e. The number of nitro groups is 1. The second-order valence-electron chi connectivity index (χ2n) is 2.63. The molecule has 0 atom stereocenters. The van der Waals surface area contributed by atoms with Gasteiger partial charge >= 0.3 is 5.69 Å². The second-order valence-corrected chi connectivity index (χ2v) is 4.09. The number of alkyl halides is 1. The average Bonchev–Trinajstić information content (AvgIpc) is 2.15. The Balaban J connectivity index is 2.96.